The molecule has 0 unspecified atom stereocenters. The van der Waals surface area contributed by atoms with Crippen molar-refractivity contribution >= 4 is 5.91 Å². The van der Waals surface area contributed by atoms with E-state index < -0.39 is 0 Å². The molecular weight excluding hydrogens is 384 g/mol. The molecule has 4 rings (SSSR count). The first-order valence-corrected chi connectivity index (χ1v) is 10.00. The zero-order valence-corrected chi connectivity index (χ0v) is 17.5. The molecule has 3 heterocycles. The van der Waals surface area contributed by atoms with E-state index in [1.807, 2.05) is 49.1 Å². The summed E-state index contributed by atoms with van der Waals surface area (Å²) in [5, 5.41) is 8.46. The summed E-state index contributed by atoms with van der Waals surface area (Å²) in [5.41, 5.74) is 2.81. The normalized spacial score (nSPS) is 14.8. The standard InChI is InChI=1S/C21H26N6O3/c1-15-12-16(2)27(23-15)14-20(28)26-10-8-25(9-11-26)13-19-22-21(24-30-19)17-4-6-18(29-3)7-5-17/h4-7,12H,8-11,13-14H2,1-3H3. The molecular formula is C21H26N6O3. The van der Waals surface area contributed by atoms with E-state index in [4.69, 9.17) is 9.26 Å². The number of nitrogens with zero attached hydrogens (tertiary/aromatic N) is 6. The zero-order valence-electron chi connectivity index (χ0n) is 17.5. The molecule has 2 aromatic heterocycles. The van der Waals surface area contributed by atoms with Crippen LogP contribution in [0.2, 0.25) is 0 Å². The van der Waals surface area contributed by atoms with E-state index in [0.717, 1.165) is 35.8 Å². The van der Waals surface area contributed by atoms with Crippen LogP contribution in [0.15, 0.2) is 34.9 Å². The predicted molar refractivity (Wildman–Crippen MR) is 110 cm³/mol. The molecule has 3 aromatic rings. The van der Waals surface area contributed by atoms with Gasteiger partial charge in [-0.15, -0.1) is 0 Å². The smallest absolute Gasteiger partial charge is 0.244 e. The number of methoxy groups -OCH3 is 1. The van der Waals surface area contributed by atoms with Gasteiger partial charge in [0.05, 0.1) is 19.3 Å². The van der Waals surface area contributed by atoms with Crippen molar-refractivity contribution in [2.24, 2.45) is 0 Å². The van der Waals surface area contributed by atoms with Crippen LogP contribution in [0.3, 0.4) is 0 Å². The van der Waals surface area contributed by atoms with E-state index >= 15 is 0 Å². The lowest BCUT2D eigenvalue weighted by Crippen LogP contribution is -2.49. The Morgan fingerprint density at radius 2 is 1.87 bits per heavy atom. The van der Waals surface area contributed by atoms with Gasteiger partial charge in [-0.25, -0.2) is 0 Å². The Balaban J connectivity index is 1.29. The topological polar surface area (TPSA) is 89.5 Å². The van der Waals surface area contributed by atoms with Crippen LogP contribution in [0.25, 0.3) is 11.4 Å². The third-order valence-electron chi connectivity index (χ3n) is 5.29. The first kappa shape index (κ1) is 20.1. The molecule has 1 fully saturated rings. The third-order valence-corrected chi connectivity index (χ3v) is 5.29. The third kappa shape index (κ3) is 4.51. The lowest BCUT2D eigenvalue weighted by atomic mass is 10.2. The molecule has 0 radical (unpaired) electrons. The second kappa shape index (κ2) is 8.66. The summed E-state index contributed by atoms with van der Waals surface area (Å²) < 4.78 is 12.4. The van der Waals surface area contributed by atoms with Crippen molar-refractivity contribution < 1.29 is 14.1 Å². The highest BCUT2D eigenvalue weighted by molar-refractivity contribution is 5.76. The Hall–Kier alpha value is -3.20. The van der Waals surface area contributed by atoms with Crippen LogP contribution < -0.4 is 4.74 Å². The van der Waals surface area contributed by atoms with Gasteiger partial charge in [0.2, 0.25) is 17.6 Å². The molecule has 0 saturated carbocycles. The zero-order chi connectivity index (χ0) is 21.1. The van der Waals surface area contributed by atoms with Crippen molar-refractivity contribution in [2.75, 3.05) is 33.3 Å². The quantitative estimate of drug-likeness (QED) is 0.613. The fraction of sp³-hybridized carbons (Fsp3) is 0.429. The number of carbonyl (C=O) groups is 1. The van der Waals surface area contributed by atoms with Crippen molar-refractivity contribution in [1.29, 1.82) is 0 Å². The fourth-order valence-electron chi connectivity index (χ4n) is 3.59. The van der Waals surface area contributed by atoms with Gasteiger partial charge in [0.25, 0.3) is 0 Å². The molecule has 1 aliphatic heterocycles. The van der Waals surface area contributed by atoms with Crippen molar-refractivity contribution in [2.45, 2.75) is 26.9 Å². The highest BCUT2D eigenvalue weighted by Gasteiger charge is 2.23. The number of rotatable bonds is 6. The minimum absolute atomic E-state index is 0.0976. The predicted octanol–water partition coefficient (Wildman–Crippen LogP) is 1.90. The van der Waals surface area contributed by atoms with Crippen LogP contribution in [0.1, 0.15) is 17.3 Å². The van der Waals surface area contributed by atoms with E-state index in [0.29, 0.717) is 31.3 Å². The Morgan fingerprint density at radius 1 is 1.13 bits per heavy atom. The summed E-state index contributed by atoms with van der Waals surface area (Å²) >= 11 is 0. The number of hydrogen-bond donors (Lipinski definition) is 0. The summed E-state index contributed by atoms with van der Waals surface area (Å²) in [6.45, 7) is 7.65. The van der Waals surface area contributed by atoms with Crippen LogP contribution in [-0.4, -0.2) is 68.9 Å². The summed E-state index contributed by atoms with van der Waals surface area (Å²) in [6.07, 6.45) is 0. The highest BCUT2D eigenvalue weighted by Crippen LogP contribution is 2.20. The average molecular weight is 410 g/mol. The van der Waals surface area contributed by atoms with E-state index in [-0.39, 0.29) is 12.5 Å². The molecule has 9 heteroatoms. The van der Waals surface area contributed by atoms with E-state index in [9.17, 15) is 4.79 Å². The maximum Gasteiger partial charge on any atom is 0.244 e. The number of carbonyl (C=O) groups excluding carboxylic acids is 1. The fourth-order valence-corrected chi connectivity index (χ4v) is 3.59. The molecule has 1 aliphatic rings. The van der Waals surface area contributed by atoms with Gasteiger partial charge in [-0.2, -0.15) is 10.1 Å². The summed E-state index contributed by atoms with van der Waals surface area (Å²) in [7, 11) is 1.63. The monoisotopic (exact) mass is 410 g/mol. The van der Waals surface area contributed by atoms with Crippen LogP contribution in [-0.2, 0) is 17.9 Å². The second-order valence-electron chi connectivity index (χ2n) is 7.48. The molecule has 0 N–H and O–H groups in total. The Kier molecular flexibility index (Phi) is 5.80. The number of piperazine rings is 1. The molecule has 0 spiro atoms. The number of aromatic nitrogens is 4. The van der Waals surface area contributed by atoms with E-state index in [1.54, 1.807) is 11.8 Å². The molecule has 0 atom stereocenters. The molecule has 158 valence electrons. The molecule has 1 amide bonds. The highest BCUT2D eigenvalue weighted by atomic mass is 16.5. The van der Waals surface area contributed by atoms with Gasteiger partial charge in [0.15, 0.2) is 0 Å². The van der Waals surface area contributed by atoms with Crippen LogP contribution in [0.4, 0.5) is 0 Å². The molecule has 9 nitrogen and oxygen atoms in total. The average Bonchev–Trinajstić information content (AvgIpc) is 3.34. The second-order valence-corrected chi connectivity index (χ2v) is 7.48. The van der Waals surface area contributed by atoms with E-state index in [2.05, 4.69) is 20.1 Å². The summed E-state index contributed by atoms with van der Waals surface area (Å²) in [6, 6.07) is 9.53. The molecule has 1 aromatic carbocycles. The van der Waals surface area contributed by atoms with Gasteiger partial charge >= 0.3 is 0 Å². The van der Waals surface area contributed by atoms with E-state index in [1.165, 1.54) is 0 Å². The number of hydrogen-bond acceptors (Lipinski definition) is 7. The van der Waals surface area contributed by atoms with Crippen LogP contribution in [0.5, 0.6) is 5.75 Å². The number of aryl methyl sites for hydroxylation is 2. The van der Waals surface area contributed by atoms with Crippen molar-refractivity contribution in [3.05, 3.63) is 47.6 Å². The summed E-state index contributed by atoms with van der Waals surface area (Å²) in [5.74, 6) is 2.02. The van der Waals surface area contributed by atoms with Crippen LogP contribution in [0, 0.1) is 13.8 Å². The SMILES string of the molecule is COc1ccc(-c2noc(CN3CCN(C(=O)Cn4nc(C)cc4C)CC3)n2)cc1. The van der Waals surface area contributed by atoms with Gasteiger partial charge in [0, 0.05) is 37.4 Å². The minimum Gasteiger partial charge on any atom is -0.497 e. The van der Waals surface area contributed by atoms with Gasteiger partial charge in [0.1, 0.15) is 12.3 Å². The summed E-state index contributed by atoms with van der Waals surface area (Å²) in [4.78, 5) is 21.2. The number of benzene rings is 1. The first-order chi connectivity index (χ1) is 14.5. The molecule has 1 saturated heterocycles. The Labute approximate surface area is 175 Å². The van der Waals surface area contributed by atoms with Crippen molar-refractivity contribution in [3.63, 3.8) is 0 Å². The van der Waals surface area contributed by atoms with Gasteiger partial charge in [-0.1, -0.05) is 5.16 Å². The van der Waals surface area contributed by atoms with Gasteiger partial charge < -0.3 is 14.2 Å². The maximum atomic E-state index is 12.6. The molecule has 0 aliphatic carbocycles. The first-order valence-electron chi connectivity index (χ1n) is 10.00. The van der Waals surface area contributed by atoms with Gasteiger partial charge in [-0.3, -0.25) is 14.4 Å². The number of ether oxygens (including phenoxy) is 1. The van der Waals surface area contributed by atoms with Crippen molar-refractivity contribution in [1.82, 2.24) is 29.7 Å². The Morgan fingerprint density at radius 3 is 2.50 bits per heavy atom. The van der Waals surface area contributed by atoms with Crippen molar-refractivity contribution in [3.8, 4) is 17.1 Å². The largest absolute Gasteiger partial charge is 0.497 e. The molecule has 0 bridgehead atoms. The maximum absolute atomic E-state index is 12.6. The molecule has 30 heavy (non-hydrogen) atoms. The lowest BCUT2D eigenvalue weighted by molar-refractivity contribution is -0.133. The minimum atomic E-state index is 0.0976. The lowest BCUT2D eigenvalue weighted by Gasteiger charge is -2.34. The Bertz CT molecular complexity index is 1000. The van der Waals surface area contributed by atoms with Gasteiger partial charge in [-0.05, 0) is 44.2 Å². The number of amides is 1. The van der Waals surface area contributed by atoms with Crippen LogP contribution >= 0.6 is 0 Å².